The topological polar surface area (TPSA) is 71.1 Å². The van der Waals surface area contributed by atoms with E-state index >= 15 is 0 Å². The molecule has 6 heteroatoms. The van der Waals surface area contributed by atoms with E-state index < -0.39 is 0 Å². The molecule has 0 spiro atoms. The lowest BCUT2D eigenvalue weighted by molar-refractivity contribution is 0.0517. The SMILES string of the molecule is CCOC(=O)c1ccc2c(-c3c(OCc4ccccc4)ccc4cc(C(=O)OCC)ccc34)c(OCc3ccccc3)ccc2c1. The van der Waals surface area contributed by atoms with Crippen LogP contribution in [0.1, 0.15) is 45.7 Å². The van der Waals surface area contributed by atoms with Gasteiger partial charge in [0.2, 0.25) is 0 Å². The van der Waals surface area contributed by atoms with E-state index in [9.17, 15) is 9.59 Å². The van der Waals surface area contributed by atoms with Crippen LogP contribution >= 0.6 is 0 Å². The summed E-state index contributed by atoms with van der Waals surface area (Å²) < 4.78 is 23.6. The second-order valence-corrected chi connectivity index (χ2v) is 10.7. The monoisotopic (exact) mass is 610 g/mol. The summed E-state index contributed by atoms with van der Waals surface area (Å²) in [6.45, 7) is 4.88. The average molecular weight is 611 g/mol. The van der Waals surface area contributed by atoms with E-state index in [4.69, 9.17) is 18.9 Å². The molecule has 0 atom stereocenters. The van der Waals surface area contributed by atoms with Crippen molar-refractivity contribution in [2.75, 3.05) is 13.2 Å². The van der Waals surface area contributed by atoms with Crippen molar-refractivity contribution in [1.82, 2.24) is 0 Å². The highest BCUT2D eigenvalue weighted by atomic mass is 16.5. The van der Waals surface area contributed by atoms with Crippen molar-refractivity contribution in [2.45, 2.75) is 27.1 Å². The largest absolute Gasteiger partial charge is 0.488 e. The van der Waals surface area contributed by atoms with Crippen LogP contribution < -0.4 is 9.47 Å². The zero-order chi connectivity index (χ0) is 31.9. The summed E-state index contributed by atoms with van der Waals surface area (Å²) in [4.78, 5) is 25.3. The van der Waals surface area contributed by atoms with Gasteiger partial charge in [0, 0.05) is 11.1 Å². The van der Waals surface area contributed by atoms with Crippen molar-refractivity contribution in [3.05, 3.63) is 144 Å². The molecule has 46 heavy (non-hydrogen) atoms. The Morgan fingerprint density at radius 1 is 0.500 bits per heavy atom. The average Bonchev–Trinajstić information content (AvgIpc) is 3.10. The molecule has 0 saturated heterocycles. The van der Waals surface area contributed by atoms with Crippen LogP contribution in [0.2, 0.25) is 0 Å². The van der Waals surface area contributed by atoms with Gasteiger partial charge in [0.25, 0.3) is 0 Å². The zero-order valence-corrected chi connectivity index (χ0v) is 25.8. The molecule has 0 fully saturated rings. The van der Waals surface area contributed by atoms with Gasteiger partial charge in [-0.3, -0.25) is 0 Å². The minimum atomic E-state index is -0.376. The molecule has 0 radical (unpaired) electrons. The van der Waals surface area contributed by atoms with Crippen LogP contribution in [0.5, 0.6) is 11.5 Å². The smallest absolute Gasteiger partial charge is 0.338 e. The molecule has 0 aliphatic heterocycles. The minimum Gasteiger partial charge on any atom is -0.488 e. The highest BCUT2D eigenvalue weighted by Gasteiger charge is 2.21. The van der Waals surface area contributed by atoms with Gasteiger partial charge in [0.05, 0.1) is 24.3 Å². The Morgan fingerprint density at radius 2 is 0.913 bits per heavy atom. The number of fused-ring (bicyclic) bond motifs is 2. The van der Waals surface area contributed by atoms with E-state index in [2.05, 4.69) is 0 Å². The molecule has 0 bridgehead atoms. The molecule has 6 rings (SSSR count). The zero-order valence-electron chi connectivity index (χ0n) is 25.8. The molecule has 0 aliphatic rings. The fourth-order valence-corrected chi connectivity index (χ4v) is 5.53. The van der Waals surface area contributed by atoms with E-state index in [0.29, 0.717) is 49.1 Å². The lowest BCUT2D eigenvalue weighted by atomic mass is 9.91. The van der Waals surface area contributed by atoms with E-state index in [1.165, 1.54) is 0 Å². The van der Waals surface area contributed by atoms with Crippen LogP contribution in [0, 0.1) is 0 Å². The van der Waals surface area contributed by atoms with E-state index in [1.54, 1.807) is 26.0 Å². The van der Waals surface area contributed by atoms with Crippen molar-refractivity contribution in [3.8, 4) is 22.6 Å². The Hall–Kier alpha value is -5.62. The van der Waals surface area contributed by atoms with E-state index in [0.717, 1.165) is 43.8 Å². The molecular weight excluding hydrogens is 576 g/mol. The molecule has 6 aromatic carbocycles. The van der Waals surface area contributed by atoms with Crippen molar-refractivity contribution in [3.63, 3.8) is 0 Å². The van der Waals surface area contributed by atoms with Gasteiger partial charge in [-0.15, -0.1) is 0 Å². The Kier molecular flexibility index (Phi) is 9.25. The number of hydrogen-bond acceptors (Lipinski definition) is 6. The summed E-state index contributed by atoms with van der Waals surface area (Å²) >= 11 is 0. The van der Waals surface area contributed by atoms with Gasteiger partial charge < -0.3 is 18.9 Å². The van der Waals surface area contributed by atoms with E-state index in [-0.39, 0.29) is 11.9 Å². The second kappa shape index (κ2) is 14.0. The van der Waals surface area contributed by atoms with Crippen LogP contribution in [0.15, 0.2) is 121 Å². The first-order valence-electron chi connectivity index (χ1n) is 15.4. The van der Waals surface area contributed by atoms with Gasteiger partial charge in [-0.1, -0.05) is 84.9 Å². The Bertz CT molecular complexity index is 1850. The molecule has 0 heterocycles. The van der Waals surface area contributed by atoms with Crippen LogP contribution in [-0.4, -0.2) is 25.2 Å². The van der Waals surface area contributed by atoms with Crippen molar-refractivity contribution in [2.24, 2.45) is 0 Å². The summed E-state index contributed by atoms with van der Waals surface area (Å²) in [5.74, 6) is 0.566. The van der Waals surface area contributed by atoms with Gasteiger partial charge in [0.1, 0.15) is 24.7 Å². The summed E-state index contributed by atoms with van der Waals surface area (Å²) in [6.07, 6.45) is 0. The number of rotatable bonds is 11. The quantitative estimate of drug-likeness (QED) is 0.136. The molecule has 0 aliphatic carbocycles. The maximum absolute atomic E-state index is 12.6. The van der Waals surface area contributed by atoms with Crippen LogP contribution in [0.25, 0.3) is 32.7 Å². The second-order valence-electron chi connectivity index (χ2n) is 10.7. The predicted molar refractivity (Wildman–Crippen MR) is 180 cm³/mol. The standard InChI is InChI=1S/C40H34O6/c1-3-43-39(41)31-15-19-33-29(23-31)17-21-35(45-25-27-11-7-5-8-12-27)37(33)38-34-20-16-32(40(42)44-4-2)24-30(34)18-22-36(38)46-26-28-13-9-6-10-14-28/h5-24H,3-4,25-26H2,1-2H3. The van der Waals surface area contributed by atoms with E-state index in [1.807, 2.05) is 109 Å². The maximum atomic E-state index is 12.6. The van der Waals surface area contributed by atoms with Gasteiger partial charge in [-0.05, 0) is 82.9 Å². The molecule has 0 saturated carbocycles. The predicted octanol–water partition coefficient (Wildman–Crippen LogP) is 9.17. The third-order valence-corrected chi connectivity index (χ3v) is 7.71. The first-order valence-corrected chi connectivity index (χ1v) is 15.4. The normalized spacial score (nSPS) is 10.9. The highest BCUT2D eigenvalue weighted by molar-refractivity contribution is 6.11. The Balaban J connectivity index is 1.57. The summed E-state index contributed by atoms with van der Waals surface area (Å²) in [6, 6.07) is 38.8. The number of esters is 2. The number of ether oxygens (including phenoxy) is 4. The molecule has 230 valence electrons. The number of carbonyl (C=O) groups is 2. The first-order chi connectivity index (χ1) is 22.6. The highest BCUT2D eigenvalue weighted by Crippen LogP contribution is 2.46. The van der Waals surface area contributed by atoms with Crippen molar-refractivity contribution < 1.29 is 28.5 Å². The van der Waals surface area contributed by atoms with Gasteiger partial charge in [-0.25, -0.2) is 9.59 Å². The lowest BCUT2D eigenvalue weighted by Gasteiger charge is -2.20. The van der Waals surface area contributed by atoms with Gasteiger partial charge in [0.15, 0.2) is 0 Å². The Morgan fingerprint density at radius 3 is 1.30 bits per heavy atom. The fraction of sp³-hybridized carbons (Fsp3) is 0.150. The molecule has 0 aromatic heterocycles. The molecular formula is C40H34O6. The summed E-state index contributed by atoms with van der Waals surface area (Å²) in [5, 5.41) is 3.46. The summed E-state index contributed by atoms with van der Waals surface area (Å²) in [5.41, 5.74) is 4.64. The maximum Gasteiger partial charge on any atom is 0.338 e. The van der Waals surface area contributed by atoms with Crippen LogP contribution in [0.3, 0.4) is 0 Å². The number of hydrogen-bond donors (Lipinski definition) is 0. The molecule has 0 N–H and O–H groups in total. The first kappa shape index (κ1) is 30.4. The van der Waals surface area contributed by atoms with Crippen molar-refractivity contribution in [1.29, 1.82) is 0 Å². The fourth-order valence-electron chi connectivity index (χ4n) is 5.53. The van der Waals surface area contributed by atoms with Gasteiger partial charge >= 0.3 is 11.9 Å². The van der Waals surface area contributed by atoms with Crippen molar-refractivity contribution >= 4 is 33.5 Å². The lowest BCUT2D eigenvalue weighted by Crippen LogP contribution is -2.05. The Labute approximate surface area is 268 Å². The molecule has 6 aromatic rings. The third kappa shape index (κ3) is 6.57. The molecule has 0 amide bonds. The molecule has 6 nitrogen and oxygen atoms in total. The van der Waals surface area contributed by atoms with Crippen LogP contribution in [0.4, 0.5) is 0 Å². The minimum absolute atomic E-state index is 0.292. The van der Waals surface area contributed by atoms with Crippen LogP contribution in [-0.2, 0) is 22.7 Å². The third-order valence-electron chi connectivity index (χ3n) is 7.71. The molecule has 0 unspecified atom stereocenters. The number of benzene rings is 6. The number of carbonyl (C=O) groups excluding carboxylic acids is 2. The summed E-state index contributed by atoms with van der Waals surface area (Å²) in [7, 11) is 0. The van der Waals surface area contributed by atoms with Gasteiger partial charge in [-0.2, -0.15) is 0 Å².